The summed E-state index contributed by atoms with van der Waals surface area (Å²) in [6, 6.07) is 0. The van der Waals surface area contributed by atoms with Gasteiger partial charge in [0, 0.05) is 7.05 Å². The zero-order valence-electron chi connectivity index (χ0n) is 8.24. The van der Waals surface area contributed by atoms with Crippen LogP contribution in [0.3, 0.4) is 0 Å². The minimum absolute atomic E-state index is 0.0399. The third-order valence-electron chi connectivity index (χ3n) is 1.91. The van der Waals surface area contributed by atoms with E-state index in [1.54, 1.807) is 0 Å². The van der Waals surface area contributed by atoms with Crippen LogP contribution < -0.4 is 5.48 Å². The van der Waals surface area contributed by atoms with Gasteiger partial charge in [-0.3, -0.25) is 4.84 Å². The first-order chi connectivity index (χ1) is 5.18. The van der Waals surface area contributed by atoms with Gasteiger partial charge >= 0.3 is 0 Å². The number of hydrogen-bond acceptors (Lipinski definition) is 2. The summed E-state index contributed by atoms with van der Waals surface area (Å²) in [4.78, 5) is 5.46. The van der Waals surface area contributed by atoms with E-state index < -0.39 is 0 Å². The van der Waals surface area contributed by atoms with Crippen LogP contribution in [0.2, 0.25) is 0 Å². The van der Waals surface area contributed by atoms with Gasteiger partial charge in [0.2, 0.25) is 0 Å². The number of hydroxylamine groups is 1. The quantitative estimate of drug-likeness (QED) is 0.601. The molecule has 0 amide bonds. The summed E-state index contributed by atoms with van der Waals surface area (Å²) in [5, 5.41) is 0. The Kier molecular flexibility index (Phi) is 5.51. The molecule has 2 heteroatoms. The number of nitrogens with one attached hydrogen (secondary N) is 1. The molecule has 0 aliphatic rings. The second-order valence-corrected chi connectivity index (χ2v) is 3.26. The van der Waals surface area contributed by atoms with E-state index in [0.29, 0.717) is 0 Å². The summed E-state index contributed by atoms with van der Waals surface area (Å²) < 4.78 is 0. The predicted molar refractivity (Wildman–Crippen MR) is 48.4 cm³/mol. The summed E-state index contributed by atoms with van der Waals surface area (Å²) in [6.45, 7) is 6.54. The first-order valence-electron chi connectivity index (χ1n) is 4.53. The van der Waals surface area contributed by atoms with Crippen molar-refractivity contribution >= 4 is 0 Å². The van der Waals surface area contributed by atoms with E-state index in [0.717, 1.165) is 12.8 Å². The summed E-state index contributed by atoms with van der Waals surface area (Å²) in [7, 11) is 1.82. The Bertz CT molecular complexity index is 76.5. The lowest BCUT2D eigenvalue weighted by Gasteiger charge is -2.27. The Morgan fingerprint density at radius 3 is 1.91 bits per heavy atom. The Hall–Kier alpha value is -0.0800. The SMILES string of the molecule is CCCC(C)(CCC)ONC. The highest BCUT2D eigenvalue weighted by molar-refractivity contribution is 4.72. The second-order valence-electron chi connectivity index (χ2n) is 3.26. The molecule has 0 spiro atoms. The lowest BCUT2D eigenvalue weighted by Crippen LogP contribution is -2.33. The minimum atomic E-state index is 0.0399. The van der Waals surface area contributed by atoms with E-state index in [1.165, 1.54) is 12.8 Å². The predicted octanol–water partition coefficient (Wildman–Crippen LogP) is 2.50. The van der Waals surface area contributed by atoms with Crippen molar-refractivity contribution in [1.82, 2.24) is 5.48 Å². The highest BCUT2D eigenvalue weighted by Gasteiger charge is 2.22. The summed E-state index contributed by atoms with van der Waals surface area (Å²) in [6.07, 6.45) is 4.61. The zero-order chi connectivity index (χ0) is 8.74. The molecule has 0 aliphatic carbocycles. The first kappa shape index (κ1) is 10.9. The van der Waals surface area contributed by atoms with E-state index in [9.17, 15) is 0 Å². The van der Waals surface area contributed by atoms with E-state index in [2.05, 4.69) is 26.3 Å². The standard InChI is InChI=1S/C9H21NO/c1-5-7-9(3,8-6-2)11-10-4/h10H,5-8H2,1-4H3. The van der Waals surface area contributed by atoms with Crippen LogP contribution in [0.15, 0.2) is 0 Å². The molecule has 0 saturated heterocycles. The van der Waals surface area contributed by atoms with Crippen molar-refractivity contribution in [1.29, 1.82) is 0 Å². The molecular formula is C9H21NO. The van der Waals surface area contributed by atoms with Crippen LogP contribution in [0.5, 0.6) is 0 Å². The Morgan fingerprint density at radius 1 is 1.18 bits per heavy atom. The normalized spacial score (nSPS) is 12.0. The number of hydrogen-bond donors (Lipinski definition) is 1. The topological polar surface area (TPSA) is 21.3 Å². The van der Waals surface area contributed by atoms with Crippen LogP contribution in [0.25, 0.3) is 0 Å². The fraction of sp³-hybridized carbons (Fsp3) is 1.00. The van der Waals surface area contributed by atoms with Crippen LogP contribution in [0.1, 0.15) is 46.5 Å². The lowest BCUT2D eigenvalue weighted by atomic mass is 9.95. The average molecular weight is 159 g/mol. The molecule has 2 nitrogen and oxygen atoms in total. The van der Waals surface area contributed by atoms with Crippen molar-refractivity contribution in [3.05, 3.63) is 0 Å². The fourth-order valence-corrected chi connectivity index (χ4v) is 1.53. The third-order valence-corrected chi connectivity index (χ3v) is 1.91. The Morgan fingerprint density at radius 2 is 1.64 bits per heavy atom. The van der Waals surface area contributed by atoms with Crippen LogP contribution in [-0.4, -0.2) is 12.6 Å². The van der Waals surface area contributed by atoms with Gasteiger partial charge in [-0.1, -0.05) is 26.7 Å². The molecule has 0 aromatic heterocycles. The molecule has 0 bridgehead atoms. The summed E-state index contributed by atoms with van der Waals surface area (Å²) >= 11 is 0. The number of rotatable bonds is 6. The molecule has 1 N–H and O–H groups in total. The van der Waals surface area contributed by atoms with Crippen molar-refractivity contribution in [2.75, 3.05) is 7.05 Å². The van der Waals surface area contributed by atoms with Crippen molar-refractivity contribution in [3.63, 3.8) is 0 Å². The van der Waals surface area contributed by atoms with Crippen molar-refractivity contribution in [2.24, 2.45) is 0 Å². The molecule has 11 heavy (non-hydrogen) atoms. The largest absolute Gasteiger partial charge is 0.296 e. The van der Waals surface area contributed by atoms with Gasteiger partial charge < -0.3 is 0 Å². The summed E-state index contributed by atoms with van der Waals surface area (Å²) in [5.41, 5.74) is 2.82. The van der Waals surface area contributed by atoms with Gasteiger partial charge in [0.25, 0.3) is 0 Å². The first-order valence-corrected chi connectivity index (χ1v) is 4.53. The maximum absolute atomic E-state index is 5.46. The average Bonchev–Trinajstić information content (AvgIpc) is 1.88. The molecule has 0 fully saturated rings. The highest BCUT2D eigenvalue weighted by atomic mass is 16.7. The molecule has 0 radical (unpaired) electrons. The molecular weight excluding hydrogens is 138 g/mol. The minimum Gasteiger partial charge on any atom is -0.296 e. The van der Waals surface area contributed by atoms with Gasteiger partial charge in [-0.2, -0.15) is 0 Å². The van der Waals surface area contributed by atoms with Gasteiger partial charge in [-0.05, 0) is 19.8 Å². The lowest BCUT2D eigenvalue weighted by molar-refractivity contribution is -0.0959. The fourth-order valence-electron chi connectivity index (χ4n) is 1.53. The monoisotopic (exact) mass is 159 g/mol. The van der Waals surface area contributed by atoms with Crippen molar-refractivity contribution in [3.8, 4) is 0 Å². The zero-order valence-corrected chi connectivity index (χ0v) is 8.24. The molecule has 0 saturated carbocycles. The smallest absolute Gasteiger partial charge is 0.0868 e. The van der Waals surface area contributed by atoms with Crippen molar-refractivity contribution < 1.29 is 4.84 Å². The van der Waals surface area contributed by atoms with Gasteiger partial charge in [0.15, 0.2) is 0 Å². The molecule has 0 aromatic carbocycles. The molecule has 0 heterocycles. The Balaban J connectivity index is 3.79. The molecule has 0 aliphatic heterocycles. The maximum Gasteiger partial charge on any atom is 0.0868 e. The van der Waals surface area contributed by atoms with E-state index in [4.69, 9.17) is 4.84 Å². The molecule has 0 atom stereocenters. The van der Waals surface area contributed by atoms with Crippen LogP contribution in [-0.2, 0) is 4.84 Å². The van der Waals surface area contributed by atoms with E-state index >= 15 is 0 Å². The molecule has 68 valence electrons. The Labute approximate surface area is 70.3 Å². The van der Waals surface area contributed by atoms with Gasteiger partial charge in [-0.15, -0.1) is 0 Å². The van der Waals surface area contributed by atoms with Gasteiger partial charge in [0.05, 0.1) is 5.60 Å². The van der Waals surface area contributed by atoms with Gasteiger partial charge in [-0.25, -0.2) is 5.48 Å². The molecule has 0 aromatic rings. The van der Waals surface area contributed by atoms with Gasteiger partial charge in [0.1, 0.15) is 0 Å². The highest BCUT2D eigenvalue weighted by Crippen LogP contribution is 2.21. The van der Waals surface area contributed by atoms with E-state index in [1.807, 2.05) is 7.05 Å². The van der Waals surface area contributed by atoms with E-state index in [-0.39, 0.29) is 5.60 Å². The van der Waals surface area contributed by atoms with Crippen LogP contribution in [0, 0.1) is 0 Å². The molecule has 0 rings (SSSR count). The maximum atomic E-state index is 5.46. The second kappa shape index (κ2) is 5.56. The third kappa shape index (κ3) is 4.38. The summed E-state index contributed by atoms with van der Waals surface area (Å²) in [5.74, 6) is 0. The van der Waals surface area contributed by atoms with Crippen LogP contribution in [0.4, 0.5) is 0 Å². The molecule has 0 unspecified atom stereocenters. The van der Waals surface area contributed by atoms with Crippen molar-refractivity contribution in [2.45, 2.75) is 52.1 Å². The van der Waals surface area contributed by atoms with Crippen LogP contribution >= 0.6 is 0 Å².